The zero-order valence-electron chi connectivity index (χ0n) is 64.4. The number of nitrogens with one attached hydrogen (secondary N) is 2. The van der Waals surface area contributed by atoms with E-state index in [0.29, 0.717) is 0 Å². The smallest absolute Gasteiger partial charge is 0.340 e. The van der Waals surface area contributed by atoms with Gasteiger partial charge in [-0.2, -0.15) is 0 Å². The maximum Gasteiger partial charge on any atom is 0.340 e. The van der Waals surface area contributed by atoms with Crippen LogP contribution in [0.4, 0.5) is 0 Å². The first-order valence-electron chi connectivity index (χ1n) is 38.0. The molecular weight excluding hydrogens is 1640 g/mol. The molecule has 2 heterocycles. The van der Waals surface area contributed by atoms with Gasteiger partial charge in [0.2, 0.25) is 12.6 Å². The number of hydrogen-bond donors (Lipinski definition) is 2. The van der Waals surface area contributed by atoms with Crippen LogP contribution in [0, 0.1) is 0 Å². The van der Waals surface area contributed by atoms with Crippen molar-refractivity contribution in [3.63, 3.8) is 0 Å². The normalized spacial score (nSPS) is 18.1. The summed E-state index contributed by atoms with van der Waals surface area (Å²) in [5.74, 6) is -12.4. The molecule has 0 radical (unpaired) electrons. The van der Waals surface area contributed by atoms with E-state index in [1.165, 1.54) is 159 Å². The molecule has 2 saturated heterocycles. The van der Waals surface area contributed by atoms with Gasteiger partial charge in [0, 0.05) is 22.3 Å². The molecule has 2 fully saturated rings. The second kappa shape index (κ2) is 45.2. The van der Waals surface area contributed by atoms with Crippen molar-refractivity contribution in [2.24, 2.45) is 0 Å². The predicted molar refractivity (Wildman–Crippen MR) is 426 cm³/mol. The number of rotatable bonds is 30. The van der Waals surface area contributed by atoms with Gasteiger partial charge in [-0.3, -0.25) is 9.59 Å². The van der Waals surface area contributed by atoms with Gasteiger partial charge in [-0.25, -0.2) is 38.4 Å². The molecule has 2 N–H and O–H groups in total. The summed E-state index contributed by atoms with van der Waals surface area (Å²) in [4.78, 5) is 160. The second-order valence-electron chi connectivity index (χ2n) is 26.6. The largest absolute Gasteiger partial charge is 0.545 e. The Bertz CT molecular complexity index is 4740. The fourth-order valence-corrected chi connectivity index (χ4v) is 16.4. The second-order valence-corrected chi connectivity index (χ2v) is 30.9. The summed E-state index contributed by atoms with van der Waals surface area (Å²) >= 11 is 0.149. The third kappa shape index (κ3) is 25.3. The van der Waals surface area contributed by atoms with E-state index in [4.69, 9.17) is 47.4 Å². The number of hydrogen-bond acceptors (Lipinski definition) is 24. The number of ether oxygens (including phenoxy) is 10. The third-order valence-electron chi connectivity index (χ3n) is 18.3. The first-order valence-corrected chi connectivity index (χ1v) is 42.1. The number of unbranched alkanes of at least 4 members (excludes halogenated alkanes) is 2. The molecule has 2 aliphatic rings. The van der Waals surface area contributed by atoms with E-state index in [2.05, 4.69) is 24.5 Å². The third-order valence-corrected chi connectivity index (χ3v) is 22.4. The van der Waals surface area contributed by atoms with Crippen molar-refractivity contribution in [1.82, 2.24) is 10.6 Å². The monoisotopic (exact) mass is 1720 g/mol. The molecule has 0 aliphatic carbocycles. The Morgan fingerprint density at radius 1 is 0.294 bits per heavy atom. The predicted octanol–water partition coefficient (Wildman–Crippen LogP) is 11.2. The van der Waals surface area contributed by atoms with Crippen LogP contribution in [0.15, 0.2) is 291 Å². The van der Waals surface area contributed by atoms with Crippen molar-refractivity contribution < 1.29 is 115 Å². The van der Waals surface area contributed by atoms with E-state index in [-0.39, 0.29) is 76.8 Å². The SMILES string of the molecule is CCC[CH2][Sn+2][CH2]CCC.O=C(OC[C@H]1O[C@@H](OC(=O)c2ccccc2)[C@H](NC(=O)c2ccccc2C(=O)[O-])[C@@H](OC(=O)c2ccccc2)[C@@H]1OC(=O)c1ccccc1)c1ccccc1.O=C(OC[C@H]1O[C@@H](OC(=O)c2ccccc2)[C@H](NC(=O)c2ccccc2C(=O)[O-])[C@@H](OC(=O)c2ccccc2)[C@@H]1OC(=O)c1ccccc1)c1ccccc1. The van der Waals surface area contributed by atoms with Crippen LogP contribution in [0.5, 0.6) is 0 Å². The molecule has 26 nitrogen and oxygen atoms in total. The van der Waals surface area contributed by atoms with E-state index in [9.17, 15) is 67.7 Å². The average molecular weight is 1720 g/mol. The summed E-state index contributed by atoms with van der Waals surface area (Å²) in [6, 6.07) is 69.7. The van der Waals surface area contributed by atoms with E-state index in [0.717, 1.165) is 12.1 Å². The minimum absolute atomic E-state index is 0.0689. The summed E-state index contributed by atoms with van der Waals surface area (Å²) in [5, 5.41) is 29.1. The van der Waals surface area contributed by atoms with Gasteiger partial charge < -0.3 is 77.8 Å². The number of carboxylic acid groups (broad SMARTS) is 2. The fraction of sp³-hybridized carbons (Fsp3) is 0.217. The van der Waals surface area contributed by atoms with Gasteiger partial charge >= 0.3 is 117 Å². The quantitative estimate of drug-likeness (QED) is 0.0183. The van der Waals surface area contributed by atoms with Crippen molar-refractivity contribution in [1.29, 1.82) is 0 Å². The van der Waals surface area contributed by atoms with Gasteiger partial charge in [-0.05, 0) is 109 Å². The summed E-state index contributed by atoms with van der Waals surface area (Å²) in [6.07, 6.45) is -7.47. The number of aromatic carboxylic acids is 2. The number of carbonyl (C=O) groups excluding carboxylic acids is 12. The van der Waals surface area contributed by atoms with Gasteiger partial charge in [-0.15, -0.1) is 0 Å². The van der Waals surface area contributed by atoms with Crippen molar-refractivity contribution in [2.45, 2.75) is 110 Å². The van der Waals surface area contributed by atoms with E-state index < -0.39 is 157 Å². The first kappa shape index (κ1) is 87.9. The molecule has 0 unspecified atom stereocenters. The van der Waals surface area contributed by atoms with Gasteiger partial charge in [0.25, 0.3) is 11.8 Å². The minimum Gasteiger partial charge on any atom is -0.545 e. The van der Waals surface area contributed by atoms with Crippen LogP contribution >= 0.6 is 0 Å². The van der Waals surface area contributed by atoms with Gasteiger partial charge in [0.05, 0.1) is 56.4 Å². The summed E-state index contributed by atoms with van der Waals surface area (Å²) in [6.45, 7) is 3.35. The molecule has 0 spiro atoms. The number of carbonyl (C=O) groups is 12. The Labute approximate surface area is 695 Å². The zero-order chi connectivity index (χ0) is 84.4. The fourth-order valence-electron chi connectivity index (χ4n) is 12.2. The topological polar surface area (TPSA) is 367 Å². The molecule has 10 atom stereocenters. The van der Waals surface area contributed by atoms with Gasteiger partial charge in [0.15, 0.2) is 24.4 Å². The van der Waals surface area contributed by atoms with E-state index in [1.807, 2.05) is 0 Å². The summed E-state index contributed by atoms with van der Waals surface area (Å²) in [7, 11) is 0. The van der Waals surface area contributed by atoms with Gasteiger partial charge in [-0.1, -0.05) is 182 Å². The van der Waals surface area contributed by atoms with Crippen LogP contribution in [0.2, 0.25) is 8.87 Å². The van der Waals surface area contributed by atoms with E-state index in [1.54, 1.807) is 154 Å². The molecule has 0 bridgehead atoms. The Morgan fingerprint density at radius 2 is 0.513 bits per heavy atom. The number of esters is 8. The van der Waals surface area contributed by atoms with Crippen LogP contribution in [-0.2, 0) is 47.4 Å². The van der Waals surface area contributed by atoms with Crippen molar-refractivity contribution >= 4 is 92.6 Å². The molecule has 0 saturated carbocycles. The molecule has 12 rings (SSSR count). The Morgan fingerprint density at radius 3 is 0.756 bits per heavy atom. The Balaban J connectivity index is 0.000000227. The molecule has 10 aromatic carbocycles. The van der Waals surface area contributed by atoms with E-state index >= 15 is 0 Å². The maximum atomic E-state index is 13.9. The molecule has 2 aliphatic heterocycles. The van der Waals surface area contributed by atoms with Crippen LogP contribution in [-0.4, -0.2) is 167 Å². The summed E-state index contributed by atoms with van der Waals surface area (Å²) in [5.41, 5.74) is -0.760. The average Bonchev–Trinajstić information content (AvgIpc) is 0.774. The van der Waals surface area contributed by atoms with Crippen LogP contribution in [0.3, 0.4) is 0 Å². The molecule has 2 amide bonds. The molecule has 608 valence electrons. The minimum atomic E-state index is -1.81. The zero-order valence-corrected chi connectivity index (χ0v) is 67.3. The Kier molecular flexibility index (Phi) is 33.4. The number of benzene rings is 10. The number of carboxylic acids is 2. The maximum absolute atomic E-state index is 13.9. The van der Waals surface area contributed by atoms with Crippen molar-refractivity contribution in [3.8, 4) is 0 Å². The molecule has 119 heavy (non-hydrogen) atoms. The van der Waals surface area contributed by atoms with Crippen molar-refractivity contribution in [3.05, 3.63) is 358 Å². The van der Waals surface area contributed by atoms with Crippen LogP contribution in [0.25, 0.3) is 0 Å². The Hall–Kier alpha value is -13.4. The van der Waals surface area contributed by atoms with Crippen LogP contribution < -0.4 is 20.8 Å². The molecule has 27 heteroatoms. The molecular formula is C92H82N2O24Sn. The number of amides is 2. The van der Waals surface area contributed by atoms with Crippen LogP contribution in [0.1, 0.15) is 164 Å². The molecule has 10 aromatic rings. The standard InChI is InChI=1S/2C42H33NO12.2C4H9.Sn/c2*44-36(30-23-13-14-24-31(30)37(45)46)43-33-35(54-40(49)28-19-9-3-10-20-28)34(53-39(48)27-17-7-2-8-18-27)32(25-51-38(47)26-15-5-1-6-16-26)52-42(33)55-41(50)29-21-11-4-12-22-29;2*1-3-4-2;/h2*1-24,32-35,42H,25H2,(H,43,44)(H,45,46);2*1,3-4H2,2H3;/q;;;;+2/p-2/t2*32-,33-,34-,35-,42+;;;/m11.../s1. The van der Waals surface area contributed by atoms with Gasteiger partial charge in [0.1, 0.15) is 37.5 Å². The summed E-state index contributed by atoms with van der Waals surface area (Å²) < 4.78 is 62.5. The molecule has 0 aromatic heterocycles. The van der Waals surface area contributed by atoms with Crippen molar-refractivity contribution in [2.75, 3.05) is 13.2 Å². The first-order chi connectivity index (χ1) is 57.8.